The average Bonchev–Trinajstić information content (AvgIpc) is 2.26. The minimum Gasteiger partial charge on any atom is -0.315 e. The normalized spacial score (nSPS) is 17.4. The fraction of sp³-hybridized carbons (Fsp3) is 0.600. The lowest BCUT2D eigenvalue weighted by atomic mass is 9.95. The van der Waals surface area contributed by atoms with Crippen LogP contribution in [-0.2, 0) is 6.54 Å². The Bertz CT molecular complexity index is 315. The Morgan fingerprint density at radius 2 is 1.94 bits per heavy atom. The van der Waals surface area contributed by atoms with Crippen molar-refractivity contribution < 1.29 is 0 Å². The standard InChI is InChI=1S/C15H24N2/c1-13(2)16-9-8-15-11-17(12-15)10-14-6-4-3-5-7-14/h3-7,13,15-16H,8-12H2,1-2H3. The van der Waals surface area contributed by atoms with Gasteiger partial charge in [0.2, 0.25) is 0 Å². The fourth-order valence-corrected chi connectivity index (χ4v) is 2.41. The van der Waals surface area contributed by atoms with Crippen molar-refractivity contribution in [3.63, 3.8) is 0 Å². The average molecular weight is 232 g/mol. The molecule has 2 heteroatoms. The molecule has 1 fully saturated rings. The van der Waals surface area contributed by atoms with Crippen LogP contribution in [0.2, 0.25) is 0 Å². The van der Waals surface area contributed by atoms with Gasteiger partial charge in [-0.2, -0.15) is 0 Å². The number of rotatable bonds is 6. The highest BCUT2D eigenvalue weighted by molar-refractivity contribution is 5.14. The van der Waals surface area contributed by atoms with Gasteiger partial charge >= 0.3 is 0 Å². The van der Waals surface area contributed by atoms with E-state index < -0.39 is 0 Å². The summed E-state index contributed by atoms with van der Waals surface area (Å²) in [7, 11) is 0. The zero-order valence-corrected chi connectivity index (χ0v) is 11.0. The summed E-state index contributed by atoms with van der Waals surface area (Å²) in [4.78, 5) is 2.54. The smallest absolute Gasteiger partial charge is 0.0233 e. The highest BCUT2D eigenvalue weighted by Gasteiger charge is 2.25. The van der Waals surface area contributed by atoms with Crippen LogP contribution in [0.1, 0.15) is 25.8 Å². The van der Waals surface area contributed by atoms with E-state index in [2.05, 4.69) is 54.4 Å². The third-order valence-electron chi connectivity index (χ3n) is 3.39. The van der Waals surface area contributed by atoms with Crippen LogP contribution in [0.15, 0.2) is 30.3 Å². The molecule has 0 amide bonds. The minimum absolute atomic E-state index is 0.621. The number of hydrogen-bond donors (Lipinski definition) is 1. The molecule has 0 saturated carbocycles. The Balaban J connectivity index is 1.60. The van der Waals surface area contributed by atoms with Crippen LogP contribution < -0.4 is 5.32 Å². The topological polar surface area (TPSA) is 15.3 Å². The monoisotopic (exact) mass is 232 g/mol. The van der Waals surface area contributed by atoms with Crippen LogP contribution in [0.3, 0.4) is 0 Å². The van der Waals surface area contributed by atoms with E-state index in [0.717, 1.165) is 12.5 Å². The zero-order valence-electron chi connectivity index (χ0n) is 11.0. The fourth-order valence-electron chi connectivity index (χ4n) is 2.41. The molecule has 0 unspecified atom stereocenters. The first-order valence-corrected chi connectivity index (χ1v) is 6.73. The predicted octanol–water partition coefficient (Wildman–Crippen LogP) is 2.51. The molecule has 2 rings (SSSR count). The van der Waals surface area contributed by atoms with Gasteiger partial charge in [-0.05, 0) is 24.4 Å². The first kappa shape index (κ1) is 12.6. The van der Waals surface area contributed by atoms with Crippen molar-refractivity contribution in [2.24, 2.45) is 5.92 Å². The van der Waals surface area contributed by atoms with Gasteiger partial charge < -0.3 is 5.32 Å². The Hall–Kier alpha value is -0.860. The lowest BCUT2D eigenvalue weighted by molar-refractivity contribution is 0.0861. The maximum absolute atomic E-state index is 3.49. The van der Waals surface area contributed by atoms with Gasteiger partial charge in [-0.1, -0.05) is 44.2 Å². The molecule has 1 saturated heterocycles. The highest BCUT2D eigenvalue weighted by atomic mass is 15.2. The third-order valence-corrected chi connectivity index (χ3v) is 3.39. The first-order chi connectivity index (χ1) is 8.24. The van der Waals surface area contributed by atoms with Crippen LogP contribution in [0.25, 0.3) is 0 Å². The molecule has 94 valence electrons. The van der Waals surface area contributed by atoms with E-state index in [1.165, 1.54) is 31.6 Å². The molecule has 0 aromatic heterocycles. The van der Waals surface area contributed by atoms with Crippen molar-refractivity contribution >= 4 is 0 Å². The Morgan fingerprint density at radius 3 is 2.59 bits per heavy atom. The molecular weight excluding hydrogens is 208 g/mol. The van der Waals surface area contributed by atoms with E-state index in [1.807, 2.05) is 0 Å². The zero-order chi connectivity index (χ0) is 12.1. The summed E-state index contributed by atoms with van der Waals surface area (Å²) in [5.74, 6) is 0.907. The maximum Gasteiger partial charge on any atom is 0.0233 e. The third kappa shape index (κ3) is 4.14. The summed E-state index contributed by atoms with van der Waals surface area (Å²) in [5, 5.41) is 3.49. The van der Waals surface area contributed by atoms with Crippen LogP contribution in [0.5, 0.6) is 0 Å². The Morgan fingerprint density at radius 1 is 1.24 bits per heavy atom. The molecule has 2 nitrogen and oxygen atoms in total. The summed E-state index contributed by atoms with van der Waals surface area (Å²) in [5.41, 5.74) is 1.44. The minimum atomic E-state index is 0.621. The van der Waals surface area contributed by atoms with Gasteiger partial charge in [0.05, 0.1) is 0 Å². The number of hydrogen-bond acceptors (Lipinski definition) is 2. The maximum atomic E-state index is 3.49. The first-order valence-electron chi connectivity index (χ1n) is 6.73. The molecule has 0 radical (unpaired) electrons. The van der Waals surface area contributed by atoms with Gasteiger partial charge in [0.25, 0.3) is 0 Å². The van der Waals surface area contributed by atoms with Gasteiger partial charge in [0, 0.05) is 25.7 Å². The Kier molecular flexibility index (Phi) is 4.57. The highest BCUT2D eigenvalue weighted by Crippen LogP contribution is 2.20. The van der Waals surface area contributed by atoms with Crippen LogP contribution in [-0.4, -0.2) is 30.6 Å². The van der Waals surface area contributed by atoms with Crippen molar-refractivity contribution in [2.75, 3.05) is 19.6 Å². The Labute approximate surface area is 105 Å². The van der Waals surface area contributed by atoms with E-state index in [1.54, 1.807) is 0 Å². The lowest BCUT2D eigenvalue weighted by Crippen LogP contribution is -2.47. The van der Waals surface area contributed by atoms with E-state index in [-0.39, 0.29) is 0 Å². The van der Waals surface area contributed by atoms with Crippen molar-refractivity contribution in [2.45, 2.75) is 32.9 Å². The number of nitrogens with zero attached hydrogens (tertiary/aromatic N) is 1. The molecule has 0 spiro atoms. The predicted molar refractivity (Wildman–Crippen MR) is 73.0 cm³/mol. The van der Waals surface area contributed by atoms with Crippen LogP contribution >= 0.6 is 0 Å². The van der Waals surface area contributed by atoms with Crippen molar-refractivity contribution in [1.82, 2.24) is 10.2 Å². The van der Waals surface area contributed by atoms with Crippen molar-refractivity contribution in [3.8, 4) is 0 Å². The van der Waals surface area contributed by atoms with Gasteiger partial charge in [-0.25, -0.2) is 0 Å². The number of benzene rings is 1. The largest absolute Gasteiger partial charge is 0.315 e. The van der Waals surface area contributed by atoms with Crippen LogP contribution in [0.4, 0.5) is 0 Å². The van der Waals surface area contributed by atoms with Crippen LogP contribution in [0, 0.1) is 5.92 Å². The lowest BCUT2D eigenvalue weighted by Gasteiger charge is -2.39. The van der Waals surface area contributed by atoms with E-state index in [9.17, 15) is 0 Å². The van der Waals surface area contributed by atoms with Gasteiger partial charge in [0.1, 0.15) is 0 Å². The summed E-state index contributed by atoms with van der Waals surface area (Å²) in [6.07, 6.45) is 1.32. The summed E-state index contributed by atoms with van der Waals surface area (Å²) >= 11 is 0. The molecule has 0 aliphatic carbocycles. The molecule has 1 aromatic rings. The SMILES string of the molecule is CC(C)NCCC1CN(Cc2ccccc2)C1. The molecule has 1 aliphatic rings. The molecule has 17 heavy (non-hydrogen) atoms. The van der Waals surface area contributed by atoms with Crippen molar-refractivity contribution in [1.29, 1.82) is 0 Å². The molecule has 1 N–H and O–H groups in total. The molecule has 0 atom stereocenters. The second-order valence-corrected chi connectivity index (χ2v) is 5.44. The molecule has 0 bridgehead atoms. The summed E-state index contributed by atoms with van der Waals surface area (Å²) in [6.45, 7) is 9.25. The van der Waals surface area contributed by atoms with E-state index in [4.69, 9.17) is 0 Å². The molecular formula is C15H24N2. The van der Waals surface area contributed by atoms with Gasteiger partial charge in [0.15, 0.2) is 0 Å². The van der Waals surface area contributed by atoms with E-state index in [0.29, 0.717) is 6.04 Å². The summed E-state index contributed by atoms with van der Waals surface area (Å²) in [6, 6.07) is 11.4. The molecule has 1 heterocycles. The van der Waals surface area contributed by atoms with Gasteiger partial charge in [-0.15, -0.1) is 0 Å². The quantitative estimate of drug-likeness (QED) is 0.810. The number of nitrogens with one attached hydrogen (secondary N) is 1. The molecule has 1 aromatic carbocycles. The van der Waals surface area contributed by atoms with Gasteiger partial charge in [-0.3, -0.25) is 4.90 Å². The van der Waals surface area contributed by atoms with Crippen molar-refractivity contribution in [3.05, 3.63) is 35.9 Å². The second kappa shape index (κ2) is 6.18. The van der Waals surface area contributed by atoms with E-state index >= 15 is 0 Å². The second-order valence-electron chi connectivity index (χ2n) is 5.44. The summed E-state index contributed by atoms with van der Waals surface area (Å²) < 4.78 is 0. The number of likely N-dealkylation sites (tertiary alicyclic amines) is 1. The molecule has 1 aliphatic heterocycles.